The number of carbonyl (C=O) groups is 2. The molecule has 0 radical (unpaired) electrons. The maximum Gasteiger partial charge on any atom is 0.338 e. The average molecular weight is 361 g/mol. The van der Waals surface area contributed by atoms with Crippen molar-refractivity contribution in [2.45, 2.75) is 26.2 Å². The van der Waals surface area contributed by atoms with Gasteiger partial charge < -0.3 is 15.4 Å². The summed E-state index contributed by atoms with van der Waals surface area (Å²) in [6.07, 6.45) is 2.99. The molecule has 0 saturated heterocycles. The van der Waals surface area contributed by atoms with Crippen LogP contribution in [0.3, 0.4) is 0 Å². The van der Waals surface area contributed by atoms with E-state index in [1.165, 1.54) is 0 Å². The molecular weight excluding hydrogens is 340 g/mol. The number of hydrogen-bond acceptors (Lipinski definition) is 3. The lowest BCUT2D eigenvalue weighted by Gasteiger charge is -2.09. The Hall–Kier alpha value is -2.53. The van der Waals surface area contributed by atoms with Gasteiger partial charge in [0, 0.05) is 16.4 Å². The average Bonchev–Trinajstić information content (AvgIpc) is 2.61. The Balaban J connectivity index is 1.83. The van der Waals surface area contributed by atoms with E-state index in [0.717, 1.165) is 19.3 Å². The molecule has 25 heavy (non-hydrogen) atoms. The molecule has 0 aromatic heterocycles. The molecule has 0 spiro atoms. The SMILES string of the molecule is CCCCCOC(=O)c1ccc(NC(=O)Nc2ccc(Cl)cc2)cc1. The monoisotopic (exact) mass is 360 g/mol. The molecule has 2 aromatic carbocycles. The smallest absolute Gasteiger partial charge is 0.338 e. The van der Waals surface area contributed by atoms with Crippen LogP contribution in [-0.2, 0) is 4.74 Å². The molecule has 132 valence electrons. The van der Waals surface area contributed by atoms with Gasteiger partial charge in [-0.2, -0.15) is 0 Å². The molecule has 2 N–H and O–H groups in total. The number of urea groups is 1. The number of hydrogen-bond donors (Lipinski definition) is 2. The molecule has 0 saturated carbocycles. The number of amides is 2. The minimum Gasteiger partial charge on any atom is -0.462 e. The molecule has 5 nitrogen and oxygen atoms in total. The molecule has 0 aliphatic rings. The van der Waals surface area contributed by atoms with Gasteiger partial charge in [-0.05, 0) is 55.0 Å². The van der Waals surface area contributed by atoms with Crippen LogP contribution in [0.1, 0.15) is 36.5 Å². The second kappa shape index (κ2) is 9.69. The van der Waals surface area contributed by atoms with Crippen molar-refractivity contribution in [2.75, 3.05) is 17.2 Å². The third-order valence-electron chi connectivity index (χ3n) is 3.46. The van der Waals surface area contributed by atoms with Crippen molar-refractivity contribution in [3.05, 3.63) is 59.1 Å². The fraction of sp³-hybridized carbons (Fsp3) is 0.263. The van der Waals surface area contributed by atoms with Gasteiger partial charge >= 0.3 is 12.0 Å². The molecule has 0 heterocycles. The largest absolute Gasteiger partial charge is 0.462 e. The van der Waals surface area contributed by atoms with Crippen LogP contribution in [0.4, 0.5) is 16.2 Å². The number of rotatable bonds is 7. The van der Waals surface area contributed by atoms with Crippen molar-refractivity contribution in [1.82, 2.24) is 0 Å². The lowest BCUT2D eigenvalue weighted by Crippen LogP contribution is -2.19. The van der Waals surface area contributed by atoms with E-state index < -0.39 is 0 Å². The lowest BCUT2D eigenvalue weighted by atomic mass is 10.2. The lowest BCUT2D eigenvalue weighted by molar-refractivity contribution is 0.0498. The molecule has 0 fully saturated rings. The van der Waals surface area contributed by atoms with E-state index in [2.05, 4.69) is 17.6 Å². The van der Waals surface area contributed by atoms with Crippen molar-refractivity contribution < 1.29 is 14.3 Å². The number of nitrogens with one attached hydrogen (secondary N) is 2. The van der Waals surface area contributed by atoms with Gasteiger partial charge in [-0.25, -0.2) is 9.59 Å². The fourth-order valence-electron chi connectivity index (χ4n) is 2.12. The van der Waals surface area contributed by atoms with Crippen LogP contribution >= 0.6 is 11.6 Å². The van der Waals surface area contributed by atoms with Gasteiger partial charge in [-0.3, -0.25) is 0 Å². The quantitative estimate of drug-likeness (QED) is 0.518. The number of carbonyl (C=O) groups excluding carboxylic acids is 2. The highest BCUT2D eigenvalue weighted by atomic mass is 35.5. The highest BCUT2D eigenvalue weighted by Gasteiger charge is 2.08. The van der Waals surface area contributed by atoms with Crippen molar-refractivity contribution in [3.8, 4) is 0 Å². The van der Waals surface area contributed by atoms with Crippen LogP contribution in [0.15, 0.2) is 48.5 Å². The molecule has 0 aliphatic heterocycles. The van der Waals surface area contributed by atoms with Crippen LogP contribution in [0.5, 0.6) is 0 Å². The van der Waals surface area contributed by atoms with Crippen molar-refractivity contribution >= 4 is 35.0 Å². The zero-order chi connectivity index (χ0) is 18.1. The maximum atomic E-state index is 11.9. The van der Waals surface area contributed by atoms with Crippen LogP contribution in [0.25, 0.3) is 0 Å². The van der Waals surface area contributed by atoms with Gasteiger partial charge in [-0.1, -0.05) is 31.4 Å². The molecular formula is C19H21ClN2O3. The number of esters is 1. The van der Waals surface area contributed by atoms with Gasteiger partial charge in [0.1, 0.15) is 0 Å². The fourth-order valence-corrected chi connectivity index (χ4v) is 2.24. The third kappa shape index (κ3) is 6.47. The summed E-state index contributed by atoms with van der Waals surface area (Å²) in [4.78, 5) is 23.8. The Labute approximate surface area is 152 Å². The normalized spacial score (nSPS) is 10.2. The molecule has 0 aliphatic carbocycles. The van der Waals surface area contributed by atoms with Gasteiger partial charge in [0.15, 0.2) is 0 Å². The molecule has 2 aromatic rings. The summed E-state index contributed by atoms with van der Waals surface area (Å²) in [5, 5.41) is 5.99. The second-order valence-electron chi connectivity index (χ2n) is 5.51. The summed E-state index contributed by atoms with van der Waals surface area (Å²) in [6.45, 7) is 2.52. The van der Waals surface area contributed by atoms with Crippen molar-refractivity contribution in [3.63, 3.8) is 0 Å². The number of benzene rings is 2. The zero-order valence-electron chi connectivity index (χ0n) is 14.0. The van der Waals surface area contributed by atoms with E-state index >= 15 is 0 Å². The van der Waals surface area contributed by atoms with Gasteiger partial charge in [0.25, 0.3) is 0 Å². The van der Waals surface area contributed by atoms with Crippen molar-refractivity contribution in [2.24, 2.45) is 0 Å². The van der Waals surface area contributed by atoms with Gasteiger partial charge in [0.05, 0.1) is 12.2 Å². The predicted octanol–water partition coefficient (Wildman–Crippen LogP) is 5.33. The first-order valence-electron chi connectivity index (χ1n) is 8.19. The van der Waals surface area contributed by atoms with E-state index in [1.807, 2.05) is 0 Å². The van der Waals surface area contributed by atoms with E-state index in [9.17, 15) is 9.59 Å². The first-order chi connectivity index (χ1) is 12.1. The minimum atomic E-state index is -0.378. The van der Waals surface area contributed by atoms with Crippen molar-refractivity contribution in [1.29, 1.82) is 0 Å². The van der Waals surface area contributed by atoms with E-state index in [4.69, 9.17) is 16.3 Å². The van der Waals surface area contributed by atoms with Gasteiger partial charge in [-0.15, -0.1) is 0 Å². The molecule has 2 amide bonds. The number of halogens is 1. The Morgan fingerprint density at radius 1 is 0.920 bits per heavy atom. The maximum absolute atomic E-state index is 11.9. The van der Waals surface area contributed by atoms with Crippen LogP contribution in [0.2, 0.25) is 5.02 Å². The Kier molecular flexibility index (Phi) is 7.29. The first-order valence-corrected chi connectivity index (χ1v) is 8.57. The molecule has 6 heteroatoms. The highest BCUT2D eigenvalue weighted by molar-refractivity contribution is 6.30. The summed E-state index contributed by atoms with van der Waals surface area (Å²) < 4.78 is 5.19. The molecule has 0 bridgehead atoms. The van der Waals surface area contributed by atoms with E-state index in [0.29, 0.717) is 28.6 Å². The molecule has 2 rings (SSSR count). The highest BCUT2D eigenvalue weighted by Crippen LogP contribution is 2.15. The van der Waals surface area contributed by atoms with E-state index in [1.54, 1.807) is 48.5 Å². The van der Waals surface area contributed by atoms with Gasteiger partial charge in [0.2, 0.25) is 0 Å². The Morgan fingerprint density at radius 2 is 1.48 bits per heavy atom. The summed E-state index contributed by atoms with van der Waals surface area (Å²) in [5.74, 6) is -0.353. The number of ether oxygens (including phenoxy) is 1. The summed E-state index contributed by atoms with van der Waals surface area (Å²) in [5.41, 5.74) is 1.67. The third-order valence-corrected chi connectivity index (χ3v) is 3.71. The molecule has 0 unspecified atom stereocenters. The van der Waals surface area contributed by atoms with Crippen LogP contribution < -0.4 is 10.6 Å². The standard InChI is InChI=1S/C19H21ClN2O3/c1-2-3-4-13-25-18(23)14-5-9-16(10-6-14)21-19(24)22-17-11-7-15(20)8-12-17/h5-12H,2-4,13H2,1H3,(H2,21,22,24). The number of anilines is 2. The number of unbranched alkanes of at least 4 members (excludes halogenated alkanes) is 2. The van der Waals surface area contributed by atoms with E-state index in [-0.39, 0.29) is 12.0 Å². The van der Waals surface area contributed by atoms with Crippen LogP contribution in [-0.4, -0.2) is 18.6 Å². The molecule has 0 atom stereocenters. The minimum absolute atomic E-state index is 0.353. The van der Waals surface area contributed by atoms with Crippen LogP contribution in [0, 0.1) is 0 Å². The summed E-state index contributed by atoms with van der Waals surface area (Å²) >= 11 is 5.80. The summed E-state index contributed by atoms with van der Waals surface area (Å²) in [7, 11) is 0. The first kappa shape index (κ1) is 18.8. The second-order valence-corrected chi connectivity index (χ2v) is 5.94. The summed E-state index contributed by atoms with van der Waals surface area (Å²) in [6, 6.07) is 13.0. The Morgan fingerprint density at radius 3 is 2.04 bits per heavy atom. The Bertz CT molecular complexity index is 700. The zero-order valence-corrected chi connectivity index (χ0v) is 14.8. The predicted molar refractivity (Wildman–Crippen MR) is 100 cm³/mol. The topological polar surface area (TPSA) is 67.4 Å².